The van der Waals surface area contributed by atoms with Crippen LogP contribution in [0.2, 0.25) is 0 Å². The topological polar surface area (TPSA) is 73.2 Å². The number of methoxy groups -OCH3 is 3. The van der Waals surface area contributed by atoms with Gasteiger partial charge in [0, 0.05) is 41.8 Å². The number of benzene rings is 1. The number of carbonyl (C=O) groups is 1. The Morgan fingerprint density at radius 3 is 2.46 bits per heavy atom. The smallest absolute Gasteiger partial charge is 0.350 e. The molecule has 8 heteroatoms. The Balaban J connectivity index is 2.35. The zero-order valence-electron chi connectivity index (χ0n) is 15.2. The maximum atomic E-state index is 12.2. The van der Waals surface area contributed by atoms with Crippen LogP contribution in [0.5, 0.6) is 11.5 Å². The second-order valence-corrected chi connectivity index (χ2v) is 6.73. The van der Waals surface area contributed by atoms with E-state index in [0.29, 0.717) is 22.1 Å². The molecular formula is C18H19N3O4S. The Kier molecular flexibility index (Phi) is 4.94. The summed E-state index contributed by atoms with van der Waals surface area (Å²) in [7, 11) is 8.24. The minimum atomic E-state index is -0.425. The third kappa shape index (κ3) is 3.03. The summed E-state index contributed by atoms with van der Waals surface area (Å²) < 4.78 is 16.6. The van der Waals surface area contributed by atoms with E-state index in [4.69, 9.17) is 14.2 Å². The molecule has 1 aromatic carbocycles. The number of hydrogen-bond acceptors (Lipinski definition) is 7. The zero-order valence-corrected chi connectivity index (χ0v) is 16.0. The number of aliphatic imine (C=N–C) groups is 1. The van der Waals surface area contributed by atoms with Crippen molar-refractivity contribution in [2.24, 2.45) is 4.99 Å². The second-order valence-electron chi connectivity index (χ2n) is 5.70. The molecule has 0 saturated carbocycles. The molecule has 3 aromatic rings. The average Bonchev–Trinajstić information content (AvgIpc) is 3.03. The van der Waals surface area contributed by atoms with Gasteiger partial charge in [0.2, 0.25) is 0 Å². The molecule has 0 fully saturated rings. The van der Waals surface area contributed by atoms with Crippen LogP contribution in [0.25, 0.3) is 21.0 Å². The van der Waals surface area contributed by atoms with Gasteiger partial charge in [0.15, 0.2) is 11.5 Å². The number of thiophene rings is 1. The first-order chi connectivity index (χ1) is 12.5. The summed E-state index contributed by atoms with van der Waals surface area (Å²) in [4.78, 5) is 23.4. The maximum absolute atomic E-state index is 12.2. The molecule has 0 spiro atoms. The van der Waals surface area contributed by atoms with Crippen LogP contribution in [-0.2, 0) is 4.74 Å². The lowest BCUT2D eigenvalue weighted by Crippen LogP contribution is -2.07. The summed E-state index contributed by atoms with van der Waals surface area (Å²) in [5.41, 5.74) is 1.30. The van der Waals surface area contributed by atoms with Gasteiger partial charge in [0.25, 0.3) is 0 Å². The van der Waals surface area contributed by atoms with Gasteiger partial charge in [-0.1, -0.05) is 0 Å². The van der Waals surface area contributed by atoms with Crippen molar-refractivity contribution in [3.05, 3.63) is 23.2 Å². The minimum Gasteiger partial charge on any atom is -0.493 e. The Hall–Kier alpha value is -2.87. The molecular weight excluding hydrogens is 354 g/mol. The Bertz CT molecular complexity index is 1010. The number of aromatic nitrogens is 1. The Morgan fingerprint density at radius 1 is 1.15 bits per heavy atom. The van der Waals surface area contributed by atoms with Crippen molar-refractivity contribution in [3.63, 3.8) is 0 Å². The third-order valence-corrected chi connectivity index (χ3v) is 4.99. The van der Waals surface area contributed by atoms with Gasteiger partial charge >= 0.3 is 5.97 Å². The lowest BCUT2D eigenvalue weighted by Gasteiger charge is -2.09. The zero-order chi connectivity index (χ0) is 18.8. The third-order valence-electron chi connectivity index (χ3n) is 3.79. The van der Waals surface area contributed by atoms with Crippen LogP contribution >= 0.6 is 11.3 Å². The highest BCUT2D eigenvalue weighted by atomic mass is 32.1. The monoisotopic (exact) mass is 373 g/mol. The fraction of sp³-hybridized carbons (Fsp3) is 0.278. The molecule has 0 amide bonds. The fourth-order valence-electron chi connectivity index (χ4n) is 2.58. The van der Waals surface area contributed by atoms with E-state index in [1.54, 1.807) is 31.7 Å². The molecule has 0 unspecified atom stereocenters. The van der Waals surface area contributed by atoms with E-state index in [9.17, 15) is 4.79 Å². The molecule has 2 heterocycles. The molecule has 3 rings (SSSR count). The average molecular weight is 373 g/mol. The van der Waals surface area contributed by atoms with E-state index in [1.165, 1.54) is 18.4 Å². The summed E-state index contributed by atoms with van der Waals surface area (Å²) in [6, 6.07) is 3.68. The van der Waals surface area contributed by atoms with E-state index in [1.807, 2.05) is 26.2 Å². The van der Waals surface area contributed by atoms with Gasteiger partial charge < -0.3 is 19.1 Å². The van der Waals surface area contributed by atoms with Crippen molar-refractivity contribution in [2.75, 3.05) is 35.4 Å². The number of nitrogens with zero attached hydrogens (tertiary/aromatic N) is 3. The van der Waals surface area contributed by atoms with Gasteiger partial charge in [0.1, 0.15) is 4.88 Å². The van der Waals surface area contributed by atoms with Crippen LogP contribution in [0, 0.1) is 0 Å². The molecule has 0 bridgehead atoms. The van der Waals surface area contributed by atoms with E-state index in [2.05, 4.69) is 9.98 Å². The Labute approximate surface area is 154 Å². The number of esters is 1. The first-order valence-electron chi connectivity index (χ1n) is 7.76. The highest BCUT2D eigenvalue weighted by Crippen LogP contribution is 2.43. The predicted molar refractivity (Wildman–Crippen MR) is 103 cm³/mol. The highest BCUT2D eigenvalue weighted by Gasteiger charge is 2.21. The normalized spacial score (nSPS) is 11.3. The number of fused-ring (bicyclic) bond motifs is 3. The van der Waals surface area contributed by atoms with Crippen molar-refractivity contribution < 1.29 is 19.0 Å². The van der Waals surface area contributed by atoms with Crippen LogP contribution in [0.4, 0.5) is 5.69 Å². The molecule has 136 valence electrons. The fourth-order valence-corrected chi connectivity index (χ4v) is 3.74. The first kappa shape index (κ1) is 17.9. The van der Waals surface area contributed by atoms with Crippen LogP contribution in [-0.4, -0.2) is 57.6 Å². The van der Waals surface area contributed by atoms with Crippen LogP contribution in [0.15, 0.2) is 23.3 Å². The largest absolute Gasteiger partial charge is 0.493 e. The lowest BCUT2D eigenvalue weighted by molar-refractivity contribution is 0.0607. The van der Waals surface area contributed by atoms with E-state index >= 15 is 0 Å². The predicted octanol–water partition coefficient (Wildman–Crippen LogP) is 3.47. The van der Waals surface area contributed by atoms with Crippen molar-refractivity contribution >= 4 is 50.3 Å². The quantitative estimate of drug-likeness (QED) is 0.387. The van der Waals surface area contributed by atoms with Gasteiger partial charge in [-0.05, 0) is 6.07 Å². The summed E-state index contributed by atoms with van der Waals surface area (Å²) >= 11 is 1.33. The molecule has 0 radical (unpaired) electrons. The molecule has 0 N–H and O–H groups in total. The summed E-state index contributed by atoms with van der Waals surface area (Å²) in [5, 5.41) is 1.65. The van der Waals surface area contributed by atoms with Crippen molar-refractivity contribution in [3.8, 4) is 11.5 Å². The molecule has 0 aliphatic rings. The number of rotatable bonds is 5. The molecule has 0 aliphatic heterocycles. The van der Waals surface area contributed by atoms with Gasteiger partial charge in [0.05, 0.1) is 38.9 Å². The van der Waals surface area contributed by atoms with Crippen LogP contribution in [0.1, 0.15) is 9.67 Å². The number of pyridine rings is 1. The molecule has 0 aliphatic carbocycles. The van der Waals surface area contributed by atoms with Gasteiger partial charge in [-0.3, -0.25) is 4.98 Å². The van der Waals surface area contributed by atoms with Crippen molar-refractivity contribution in [2.45, 2.75) is 0 Å². The second kappa shape index (κ2) is 7.17. The molecule has 0 saturated heterocycles. The molecule has 2 aromatic heterocycles. The highest BCUT2D eigenvalue weighted by molar-refractivity contribution is 7.22. The van der Waals surface area contributed by atoms with Gasteiger partial charge in [-0.25, -0.2) is 9.79 Å². The number of carbonyl (C=O) groups excluding carboxylic acids is 1. The standard InChI is InChI=1S/C18H19N3O4S/c1-21(2)9-20-15-11-8-19-12-7-14(24-4)13(23-3)6-10(12)16(11)26-17(15)18(22)25-5/h6-9H,1-5H3. The lowest BCUT2D eigenvalue weighted by atomic mass is 10.1. The molecule has 0 atom stereocenters. The Morgan fingerprint density at radius 2 is 1.85 bits per heavy atom. The number of hydrogen-bond donors (Lipinski definition) is 0. The van der Waals surface area contributed by atoms with Gasteiger partial charge in [-0.2, -0.15) is 0 Å². The number of ether oxygens (including phenoxy) is 3. The van der Waals surface area contributed by atoms with E-state index in [0.717, 1.165) is 21.0 Å². The van der Waals surface area contributed by atoms with E-state index in [-0.39, 0.29) is 0 Å². The summed E-state index contributed by atoms with van der Waals surface area (Å²) in [6.45, 7) is 0. The summed E-state index contributed by atoms with van der Waals surface area (Å²) in [5.74, 6) is 0.772. The SMILES string of the molecule is COC(=O)c1sc2c(cnc3cc(OC)c(OC)cc32)c1N=CN(C)C. The molecule has 7 nitrogen and oxygen atoms in total. The maximum Gasteiger partial charge on any atom is 0.350 e. The minimum absolute atomic E-state index is 0.425. The van der Waals surface area contributed by atoms with Gasteiger partial charge in [-0.15, -0.1) is 11.3 Å². The summed E-state index contributed by atoms with van der Waals surface area (Å²) in [6.07, 6.45) is 3.36. The first-order valence-corrected chi connectivity index (χ1v) is 8.58. The van der Waals surface area contributed by atoms with Crippen LogP contribution in [0.3, 0.4) is 0 Å². The van der Waals surface area contributed by atoms with Crippen molar-refractivity contribution in [1.29, 1.82) is 0 Å². The van der Waals surface area contributed by atoms with Crippen LogP contribution < -0.4 is 9.47 Å². The molecule has 26 heavy (non-hydrogen) atoms. The van der Waals surface area contributed by atoms with E-state index < -0.39 is 5.97 Å². The van der Waals surface area contributed by atoms with Crippen molar-refractivity contribution in [1.82, 2.24) is 9.88 Å².